The molecule has 2 aromatic carbocycles. The van der Waals surface area contributed by atoms with Crippen LogP contribution < -0.4 is 5.32 Å². The van der Waals surface area contributed by atoms with Crippen LogP contribution in [0.25, 0.3) is 5.57 Å². The zero-order valence-corrected chi connectivity index (χ0v) is 21.0. The van der Waals surface area contributed by atoms with E-state index in [1.54, 1.807) is 32.0 Å². The first-order valence-electron chi connectivity index (χ1n) is 10.7. The van der Waals surface area contributed by atoms with Crippen molar-refractivity contribution in [2.24, 2.45) is 0 Å². The van der Waals surface area contributed by atoms with E-state index in [1.807, 2.05) is 0 Å². The first kappa shape index (κ1) is 25.9. The molecule has 1 fully saturated rings. The Labute approximate surface area is 214 Å². The first-order valence-corrected chi connectivity index (χ1v) is 12.3. The van der Waals surface area contributed by atoms with Gasteiger partial charge in [-0.15, -0.1) is 11.8 Å². The van der Waals surface area contributed by atoms with E-state index in [0.717, 1.165) is 0 Å². The number of hydrogen-bond donors (Lipinski definition) is 1. The Morgan fingerprint density at radius 3 is 2.49 bits per heavy atom. The van der Waals surface area contributed by atoms with E-state index in [0.29, 0.717) is 40.6 Å². The number of carbonyl (C=O) groups excluding carboxylic acids is 2. The average molecular weight is 545 g/mol. The summed E-state index contributed by atoms with van der Waals surface area (Å²) in [5.41, 5.74) is 1.93. The summed E-state index contributed by atoms with van der Waals surface area (Å²) in [6.07, 6.45) is -4.88. The fourth-order valence-corrected chi connectivity index (χ4v) is 5.87. The molecule has 0 aromatic heterocycles. The lowest BCUT2D eigenvalue weighted by Gasteiger charge is -2.32. The van der Waals surface area contributed by atoms with E-state index in [4.69, 9.17) is 28.0 Å². The highest BCUT2D eigenvalue weighted by Gasteiger charge is 2.58. The number of benzene rings is 2. The number of rotatable bonds is 5. The van der Waals surface area contributed by atoms with Gasteiger partial charge in [-0.05, 0) is 65.8 Å². The second-order valence-electron chi connectivity index (χ2n) is 8.31. The molecule has 0 saturated carbocycles. The minimum Gasteiger partial charge on any atom is -0.338 e. The number of allylic oxidation sites excluding steroid dienone is 1. The number of amides is 2. The van der Waals surface area contributed by atoms with Crippen molar-refractivity contribution >= 4 is 52.4 Å². The van der Waals surface area contributed by atoms with Gasteiger partial charge >= 0.3 is 6.18 Å². The molecular weight excluding hydrogens is 524 g/mol. The van der Waals surface area contributed by atoms with Crippen LogP contribution in [0.5, 0.6) is 0 Å². The molecule has 0 radical (unpaired) electrons. The molecule has 0 unspecified atom stereocenters. The lowest BCUT2D eigenvalue weighted by molar-refractivity contribution is -0.160. The van der Waals surface area contributed by atoms with E-state index < -0.39 is 22.9 Å². The van der Waals surface area contributed by atoms with Crippen molar-refractivity contribution in [3.05, 3.63) is 74.1 Å². The Morgan fingerprint density at radius 2 is 1.91 bits per heavy atom. The Bertz CT molecular complexity index is 1200. The number of thioether (sulfide) groups is 1. The number of likely N-dealkylation sites (N-methyl/N-ethyl adjacent to an activating group) is 1. The van der Waals surface area contributed by atoms with Crippen molar-refractivity contribution < 1.29 is 27.6 Å². The van der Waals surface area contributed by atoms with Crippen molar-refractivity contribution in [2.75, 3.05) is 13.2 Å². The molecule has 2 atom stereocenters. The van der Waals surface area contributed by atoms with E-state index in [-0.39, 0.29) is 34.5 Å². The van der Waals surface area contributed by atoms with Gasteiger partial charge in [0.25, 0.3) is 11.8 Å². The topological polar surface area (TPSA) is 58.6 Å². The number of hydrogen-bond acceptors (Lipinski definition) is 4. The summed E-state index contributed by atoms with van der Waals surface area (Å²) in [6, 6.07) is 8.01. The van der Waals surface area contributed by atoms with Crippen LogP contribution in [-0.4, -0.2) is 42.2 Å². The van der Waals surface area contributed by atoms with Gasteiger partial charge in [0.15, 0.2) is 0 Å². The third-order valence-corrected chi connectivity index (χ3v) is 7.86. The highest BCUT2D eigenvalue weighted by molar-refractivity contribution is 8.03. The number of nitrogens with zero attached hydrogens (tertiary/aromatic N) is 1. The molecule has 5 nitrogen and oxygen atoms in total. The minimum atomic E-state index is -4.57. The third-order valence-electron chi connectivity index (χ3n) is 6.00. The standard InChI is InChI=1S/C24H21Cl2F3N2O3S/c1-3-31-22(33)20(11-34-31)30-21(32)19-5-4-14(6-13(19)2)15-10-23(35-12-15,24(27,28)29)16-7-17(25)9-18(26)8-16/h4-9,12,20H,3,10-11H2,1-2H3,(H,30,32)/t20-,23-/m1/s1. The minimum absolute atomic E-state index is 0.0176. The van der Waals surface area contributed by atoms with Crippen molar-refractivity contribution in [3.63, 3.8) is 0 Å². The molecule has 2 amide bonds. The smallest absolute Gasteiger partial charge is 0.338 e. The zero-order chi connectivity index (χ0) is 25.5. The number of halogens is 5. The van der Waals surface area contributed by atoms with Crippen LogP contribution in [0.1, 0.15) is 40.4 Å². The molecule has 0 aliphatic carbocycles. The van der Waals surface area contributed by atoms with E-state index in [1.165, 1.54) is 28.7 Å². The highest BCUT2D eigenvalue weighted by atomic mass is 35.5. The van der Waals surface area contributed by atoms with Gasteiger partial charge in [-0.3, -0.25) is 14.4 Å². The summed E-state index contributed by atoms with van der Waals surface area (Å²) in [4.78, 5) is 30.2. The molecule has 2 aliphatic rings. The number of alkyl halides is 3. The van der Waals surface area contributed by atoms with Crippen LogP contribution in [0, 0.1) is 6.92 Å². The highest BCUT2D eigenvalue weighted by Crippen LogP contribution is 2.60. The van der Waals surface area contributed by atoms with Gasteiger partial charge in [-0.2, -0.15) is 13.2 Å². The van der Waals surface area contributed by atoms with Crippen molar-refractivity contribution in [2.45, 2.75) is 37.2 Å². The number of aryl methyl sites for hydroxylation is 1. The fraction of sp³-hybridized carbons (Fsp3) is 0.333. The van der Waals surface area contributed by atoms with Gasteiger partial charge in [-0.1, -0.05) is 35.3 Å². The zero-order valence-electron chi connectivity index (χ0n) is 18.7. The van der Waals surface area contributed by atoms with Crippen molar-refractivity contribution in [3.8, 4) is 0 Å². The summed E-state index contributed by atoms with van der Waals surface area (Å²) in [6.45, 7) is 3.87. The quantitative estimate of drug-likeness (QED) is 0.491. The van der Waals surface area contributed by atoms with Gasteiger partial charge in [-0.25, -0.2) is 5.06 Å². The van der Waals surface area contributed by atoms with Crippen molar-refractivity contribution in [1.29, 1.82) is 0 Å². The number of hydroxylamine groups is 2. The molecule has 0 spiro atoms. The molecule has 2 aromatic rings. The van der Waals surface area contributed by atoms with Gasteiger partial charge < -0.3 is 5.32 Å². The molecule has 35 heavy (non-hydrogen) atoms. The molecule has 2 aliphatic heterocycles. The van der Waals surface area contributed by atoms with Gasteiger partial charge in [0.05, 0.1) is 0 Å². The summed E-state index contributed by atoms with van der Waals surface area (Å²) >= 11 is 12.7. The average Bonchev–Trinajstić information content (AvgIpc) is 3.38. The van der Waals surface area contributed by atoms with Crippen LogP contribution in [0.3, 0.4) is 0 Å². The van der Waals surface area contributed by atoms with Gasteiger partial charge in [0, 0.05) is 28.6 Å². The van der Waals surface area contributed by atoms with Crippen LogP contribution >= 0.6 is 35.0 Å². The Hall–Kier alpha value is -2.20. The molecule has 4 rings (SSSR count). The Morgan fingerprint density at radius 1 is 1.23 bits per heavy atom. The maximum atomic E-state index is 14.3. The normalized spacial score (nSPS) is 22.5. The monoisotopic (exact) mass is 544 g/mol. The molecule has 2 heterocycles. The van der Waals surface area contributed by atoms with E-state index in [2.05, 4.69) is 5.32 Å². The summed E-state index contributed by atoms with van der Waals surface area (Å²) in [5, 5.41) is 5.59. The number of carbonyl (C=O) groups is 2. The lowest BCUT2D eigenvalue weighted by atomic mass is 9.87. The maximum Gasteiger partial charge on any atom is 0.407 e. The fourth-order valence-electron chi connectivity index (χ4n) is 4.16. The van der Waals surface area contributed by atoms with E-state index >= 15 is 0 Å². The molecule has 11 heteroatoms. The van der Waals surface area contributed by atoms with Gasteiger partial charge in [0.1, 0.15) is 17.4 Å². The van der Waals surface area contributed by atoms with Gasteiger partial charge in [0.2, 0.25) is 0 Å². The first-order chi connectivity index (χ1) is 16.4. The van der Waals surface area contributed by atoms with Crippen LogP contribution in [0.15, 0.2) is 41.8 Å². The predicted octanol–water partition coefficient (Wildman–Crippen LogP) is 6.13. The molecule has 1 saturated heterocycles. The molecule has 186 valence electrons. The summed E-state index contributed by atoms with van der Waals surface area (Å²) in [7, 11) is 0. The van der Waals surface area contributed by atoms with Crippen molar-refractivity contribution in [1.82, 2.24) is 10.4 Å². The maximum absolute atomic E-state index is 14.3. The predicted molar refractivity (Wildman–Crippen MR) is 130 cm³/mol. The second-order valence-corrected chi connectivity index (χ2v) is 10.3. The largest absolute Gasteiger partial charge is 0.407 e. The Kier molecular flexibility index (Phi) is 7.16. The SMILES string of the molecule is CCN1OC[C@@H](NC(=O)c2ccc(C3=CS[C@](c4cc(Cl)cc(Cl)c4)(C(F)(F)F)C3)cc2C)C1=O. The van der Waals surface area contributed by atoms with Crippen LogP contribution in [0.2, 0.25) is 10.0 Å². The Balaban J connectivity index is 1.56. The van der Waals surface area contributed by atoms with E-state index in [9.17, 15) is 22.8 Å². The lowest BCUT2D eigenvalue weighted by Crippen LogP contribution is -2.42. The second kappa shape index (κ2) is 9.69. The molecule has 1 N–H and O–H groups in total. The van der Waals surface area contributed by atoms with Crippen LogP contribution in [-0.2, 0) is 14.4 Å². The molecule has 0 bridgehead atoms. The third kappa shape index (κ3) is 4.91. The number of nitrogens with one attached hydrogen (secondary N) is 1. The summed E-state index contributed by atoms with van der Waals surface area (Å²) < 4.78 is 40.8. The molecular formula is C24H21Cl2F3N2O3S. The van der Waals surface area contributed by atoms with Crippen LogP contribution in [0.4, 0.5) is 13.2 Å². The summed E-state index contributed by atoms with van der Waals surface area (Å²) in [5.74, 6) is -0.783.